The number of rotatable bonds is 5. The van der Waals surface area contributed by atoms with Gasteiger partial charge in [-0.1, -0.05) is 20.8 Å². The number of nitrogens with zero attached hydrogens (tertiary/aromatic N) is 1. The second-order valence-corrected chi connectivity index (χ2v) is 7.53. The van der Waals surface area contributed by atoms with E-state index < -0.39 is 17.3 Å². The minimum Gasteiger partial charge on any atom is -0.468 e. The molecule has 0 unspecified atom stereocenters. The van der Waals surface area contributed by atoms with Crippen LogP contribution in [0.15, 0.2) is 11.3 Å². The molecule has 0 N–H and O–H groups in total. The molecule has 5 heteroatoms. The largest absolute Gasteiger partial charge is 0.468 e. The average Bonchev–Trinajstić information content (AvgIpc) is 2.54. The van der Waals surface area contributed by atoms with E-state index in [1.165, 1.54) is 13.5 Å². The first-order valence-corrected chi connectivity index (χ1v) is 8.96. The van der Waals surface area contributed by atoms with Crippen molar-refractivity contribution in [1.29, 1.82) is 0 Å². The minimum atomic E-state index is -0.896. The Labute approximate surface area is 144 Å². The molecule has 24 heavy (non-hydrogen) atoms. The summed E-state index contributed by atoms with van der Waals surface area (Å²) < 4.78 is 4.86. The van der Waals surface area contributed by atoms with Gasteiger partial charge in [0.1, 0.15) is 5.92 Å². The van der Waals surface area contributed by atoms with E-state index in [-0.39, 0.29) is 17.1 Å². The summed E-state index contributed by atoms with van der Waals surface area (Å²) in [7, 11) is 1.29. The molecule has 134 valence electrons. The van der Waals surface area contributed by atoms with Gasteiger partial charge in [0.25, 0.3) is 0 Å². The molecule has 1 heterocycles. The Morgan fingerprint density at radius 3 is 2.38 bits per heavy atom. The smallest absolute Gasteiger partial charge is 0.317 e. The van der Waals surface area contributed by atoms with Gasteiger partial charge in [-0.2, -0.15) is 0 Å². The number of ketones is 2. The zero-order valence-corrected chi connectivity index (χ0v) is 15.3. The normalized spacial score (nSPS) is 24.1. The highest BCUT2D eigenvalue weighted by Crippen LogP contribution is 2.44. The molecule has 1 fully saturated rings. The van der Waals surface area contributed by atoms with Crippen LogP contribution in [0.4, 0.5) is 0 Å². The quantitative estimate of drug-likeness (QED) is 0.439. The van der Waals surface area contributed by atoms with Gasteiger partial charge >= 0.3 is 5.97 Å². The molecule has 0 saturated carbocycles. The van der Waals surface area contributed by atoms with Crippen molar-refractivity contribution in [3.8, 4) is 0 Å². The van der Waals surface area contributed by atoms with Crippen LogP contribution in [-0.4, -0.2) is 42.6 Å². The summed E-state index contributed by atoms with van der Waals surface area (Å²) in [5, 5.41) is 0. The lowest BCUT2D eigenvalue weighted by atomic mass is 9.66. The maximum absolute atomic E-state index is 13.1. The number of likely N-dealkylation sites (tertiary alicyclic amines) is 1. The fraction of sp³-hybridized carbons (Fsp3) is 0.737. The lowest BCUT2D eigenvalue weighted by Crippen LogP contribution is -2.47. The molecule has 2 rings (SSSR count). The third-order valence-electron chi connectivity index (χ3n) is 5.13. The Morgan fingerprint density at radius 1 is 1.21 bits per heavy atom. The zero-order valence-electron chi connectivity index (χ0n) is 15.3. The van der Waals surface area contributed by atoms with Gasteiger partial charge in [-0.25, -0.2) is 0 Å². The summed E-state index contributed by atoms with van der Waals surface area (Å²) in [4.78, 5) is 40.2. The van der Waals surface area contributed by atoms with E-state index in [9.17, 15) is 14.4 Å². The van der Waals surface area contributed by atoms with E-state index in [1.54, 1.807) is 0 Å². The summed E-state index contributed by atoms with van der Waals surface area (Å²) in [6.07, 6.45) is 4.93. The lowest BCUT2D eigenvalue weighted by molar-refractivity contribution is -0.154. The van der Waals surface area contributed by atoms with Crippen LogP contribution in [0.2, 0.25) is 0 Å². The number of methoxy groups -OCH3 is 1. The van der Waals surface area contributed by atoms with Crippen molar-refractivity contribution >= 4 is 17.5 Å². The summed E-state index contributed by atoms with van der Waals surface area (Å²) in [5.41, 5.74) is 0.559. The Bertz CT molecular complexity index is 556. The van der Waals surface area contributed by atoms with Crippen molar-refractivity contribution in [3.63, 3.8) is 0 Å². The van der Waals surface area contributed by atoms with E-state index in [0.717, 1.165) is 31.6 Å². The molecule has 1 saturated heterocycles. The van der Waals surface area contributed by atoms with Crippen LogP contribution in [0.1, 0.15) is 59.3 Å². The van der Waals surface area contributed by atoms with Crippen molar-refractivity contribution in [2.45, 2.75) is 59.3 Å². The van der Waals surface area contributed by atoms with E-state index in [2.05, 4.69) is 4.90 Å². The predicted molar refractivity (Wildman–Crippen MR) is 91.3 cm³/mol. The van der Waals surface area contributed by atoms with E-state index in [1.807, 2.05) is 20.8 Å². The van der Waals surface area contributed by atoms with Crippen molar-refractivity contribution in [3.05, 3.63) is 11.3 Å². The van der Waals surface area contributed by atoms with Gasteiger partial charge in [-0.3, -0.25) is 14.4 Å². The first kappa shape index (κ1) is 18.7. The number of Topliss-reactive ketones (excluding diaryl/α,β-unsaturated/α-hetero) is 2. The second kappa shape index (κ2) is 7.49. The molecule has 0 radical (unpaired) electrons. The number of hydrogen-bond donors (Lipinski definition) is 0. The van der Waals surface area contributed by atoms with E-state index >= 15 is 0 Å². The van der Waals surface area contributed by atoms with Crippen LogP contribution in [0.3, 0.4) is 0 Å². The van der Waals surface area contributed by atoms with Crippen LogP contribution in [-0.2, 0) is 19.1 Å². The molecular formula is C19H29NO4. The number of esters is 1. The van der Waals surface area contributed by atoms with Gasteiger partial charge in [0.15, 0.2) is 11.6 Å². The highest BCUT2D eigenvalue weighted by molar-refractivity contribution is 6.25. The molecule has 0 aromatic heterocycles. The molecular weight excluding hydrogens is 306 g/mol. The van der Waals surface area contributed by atoms with Crippen molar-refractivity contribution in [2.24, 2.45) is 11.3 Å². The molecule has 0 bridgehead atoms. The van der Waals surface area contributed by atoms with Crippen LogP contribution >= 0.6 is 0 Å². The SMILES string of the molecule is CCCC(=O)C1=C(N2CCCCC2)CC(C)(C)[C@H](C(=O)OC)C1=O. The van der Waals surface area contributed by atoms with Gasteiger partial charge in [0, 0.05) is 25.2 Å². The Kier molecular flexibility index (Phi) is 5.83. The average molecular weight is 335 g/mol. The van der Waals surface area contributed by atoms with Gasteiger partial charge in [0.05, 0.1) is 12.7 Å². The number of hydrogen-bond acceptors (Lipinski definition) is 5. The van der Waals surface area contributed by atoms with Crippen molar-refractivity contribution in [2.75, 3.05) is 20.2 Å². The molecule has 0 aromatic carbocycles. The van der Waals surface area contributed by atoms with Crippen LogP contribution in [0, 0.1) is 11.3 Å². The van der Waals surface area contributed by atoms with Crippen molar-refractivity contribution in [1.82, 2.24) is 4.90 Å². The monoisotopic (exact) mass is 335 g/mol. The summed E-state index contributed by atoms with van der Waals surface area (Å²) in [5.74, 6) is -1.92. The standard InChI is InChI=1S/C19H29NO4/c1-5-9-14(21)15-13(20-10-7-6-8-11-20)12-19(2,3)16(17(15)22)18(23)24-4/h16H,5-12H2,1-4H3/t16-/m0/s1. The second-order valence-electron chi connectivity index (χ2n) is 7.53. The molecule has 5 nitrogen and oxygen atoms in total. The first-order valence-electron chi connectivity index (χ1n) is 8.96. The molecule has 1 atom stereocenters. The topological polar surface area (TPSA) is 63.7 Å². The van der Waals surface area contributed by atoms with Gasteiger partial charge in [-0.15, -0.1) is 0 Å². The number of allylic oxidation sites excluding steroid dienone is 2. The molecule has 1 aliphatic carbocycles. The molecule has 1 aliphatic heterocycles. The molecule has 0 spiro atoms. The fourth-order valence-corrected chi connectivity index (χ4v) is 3.89. The first-order chi connectivity index (χ1) is 11.3. The maximum atomic E-state index is 13.1. The number of carbonyl (C=O) groups is 3. The zero-order chi connectivity index (χ0) is 17.9. The highest BCUT2D eigenvalue weighted by Gasteiger charge is 2.49. The molecule has 2 aliphatic rings. The fourth-order valence-electron chi connectivity index (χ4n) is 3.89. The summed E-state index contributed by atoms with van der Waals surface area (Å²) in [6.45, 7) is 7.51. The summed E-state index contributed by atoms with van der Waals surface area (Å²) in [6, 6.07) is 0. The third-order valence-corrected chi connectivity index (χ3v) is 5.13. The number of piperidine rings is 1. The number of ether oxygens (including phenoxy) is 1. The predicted octanol–water partition coefficient (Wildman–Crippen LogP) is 2.88. The van der Waals surface area contributed by atoms with Gasteiger partial charge in [-0.05, 0) is 37.5 Å². The third kappa shape index (κ3) is 3.55. The Morgan fingerprint density at radius 2 is 1.83 bits per heavy atom. The summed E-state index contributed by atoms with van der Waals surface area (Å²) >= 11 is 0. The van der Waals surface area contributed by atoms with Gasteiger partial charge in [0.2, 0.25) is 0 Å². The van der Waals surface area contributed by atoms with Crippen molar-refractivity contribution < 1.29 is 19.1 Å². The Balaban J connectivity index is 2.50. The minimum absolute atomic E-state index is 0.132. The van der Waals surface area contributed by atoms with Gasteiger partial charge < -0.3 is 9.64 Å². The molecule has 0 aromatic rings. The Hall–Kier alpha value is -1.65. The van der Waals surface area contributed by atoms with E-state index in [4.69, 9.17) is 4.74 Å². The van der Waals surface area contributed by atoms with Crippen LogP contribution in [0.25, 0.3) is 0 Å². The molecule has 0 amide bonds. The van der Waals surface area contributed by atoms with Crippen LogP contribution < -0.4 is 0 Å². The van der Waals surface area contributed by atoms with E-state index in [0.29, 0.717) is 19.3 Å². The lowest BCUT2D eigenvalue weighted by Gasteiger charge is -2.42. The highest BCUT2D eigenvalue weighted by atomic mass is 16.5. The maximum Gasteiger partial charge on any atom is 0.317 e. The van der Waals surface area contributed by atoms with Crippen LogP contribution in [0.5, 0.6) is 0 Å². The number of carbonyl (C=O) groups excluding carboxylic acids is 3.